The molecule has 0 aromatic heterocycles. The van der Waals surface area contributed by atoms with Crippen molar-refractivity contribution in [3.63, 3.8) is 0 Å². The number of carbonyl (C=O) groups is 3. The summed E-state index contributed by atoms with van der Waals surface area (Å²) < 4.78 is 0. The lowest BCUT2D eigenvalue weighted by molar-refractivity contribution is -0.121. The third-order valence-electron chi connectivity index (χ3n) is 5.18. The zero-order valence-electron chi connectivity index (χ0n) is 15.6. The third-order valence-corrected chi connectivity index (χ3v) is 5.18. The van der Waals surface area contributed by atoms with Crippen molar-refractivity contribution in [1.29, 1.82) is 0 Å². The van der Waals surface area contributed by atoms with Crippen LogP contribution in [0.5, 0.6) is 0 Å². The highest BCUT2D eigenvalue weighted by atomic mass is 16.2. The number of hydrogen-bond acceptors (Lipinski definition) is 4. The Morgan fingerprint density at radius 2 is 1.93 bits per heavy atom. The average Bonchev–Trinajstić information content (AvgIpc) is 3.08. The molecule has 28 heavy (non-hydrogen) atoms. The molecule has 0 radical (unpaired) electrons. The van der Waals surface area contributed by atoms with Gasteiger partial charge in [0.15, 0.2) is 0 Å². The van der Waals surface area contributed by atoms with Crippen molar-refractivity contribution in [3.8, 4) is 11.1 Å². The van der Waals surface area contributed by atoms with E-state index in [9.17, 15) is 14.4 Å². The maximum atomic E-state index is 13.2. The highest BCUT2D eigenvalue weighted by Gasteiger charge is 2.43. The van der Waals surface area contributed by atoms with Gasteiger partial charge in [-0.15, -0.1) is 0 Å². The Balaban J connectivity index is 1.62. The van der Waals surface area contributed by atoms with E-state index in [2.05, 4.69) is 16.0 Å². The summed E-state index contributed by atoms with van der Waals surface area (Å²) in [6, 6.07) is 14.5. The summed E-state index contributed by atoms with van der Waals surface area (Å²) in [6.07, 6.45) is 0.409. The normalized spacial score (nSPS) is 20.8. The predicted molar refractivity (Wildman–Crippen MR) is 106 cm³/mol. The van der Waals surface area contributed by atoms with Crippen molar-refractivity contribution in [2.45, 2.75) is 18.5 Å². The highest BCUT2D eigenvalue weighted by Crippen LogP contribution is 2.32. The quantitative estimate of drug-likeness (QED) is 0.746. The average molecular weight is 378 g/mol. The molecule has 4 rings (SSSR count). The highest BCUT2D eigenvalue weighted by molar-refractivity contribution is 6.10. The molecule has 7 nitrogen and oxygen atoms in total. The van der Waals surface area contributed by atoms with Crippen LogP contribution >= 0.6 is 0 Å². The van der Waals surface area contributed by atoms with Gasteiger partial charge in [0.25, 0.3) is 5.91 Å². The molecular weight excluding hydrogens is 356 g/mol. The third kappa shape index (κ3) is 3.36. The Labute approximate surface area is 163 Å². The van der Waals surface area contributed by atoms with Crippen molar-refractivity contribution >= 4 is 23.4 Å². The van der Waals surface area contributed by atoms with Gasteiger partial charge in [-0.3, -0.25) is 14.4 Å². The smallest absolute Gasteiger partial charge is 0.256 e. The van der Waals surface area contributed by atoms with E-state index in [-0.39, 0.29) is 30.3 Å². The van der Waals surface area contributed by atoms with Crippen LogP contribution in [0, 0.1) is 0 Å². The molecule has 0 bridgehead atoms. The first-order chi connectivity index (χ1) is 13.6. The van der Waals surface area contributed by atoms with Gasteiger partial charge in [0, 0.05) is 12.6 Å². The molecule has 7 heteroatoms. The molecule has 144 valence electrons. The molecule has 3 N–H and O–H groups in total. The molecule has 1 fully saturated rings. The summed E-state index contributed by atoms with van der Waals surface area (Å²) in [5.41, 5.74) is 2.92. The fourth-order valence-electron chi connectivity index (χ4n) is 3.86. The predicted octanol–water partition coefficient (Wildman–Crippen LogP) is 1.22. The van der Waals surface area contributed by atoms with E-state index in [1.165, 1.54) is 0 Å². The molecule has 3 amide bonds. The van der Waals surface area contributed by atoms with Crippen molar-refractivity contribution in [2.75, 3.05) is 25.5 Å². The lowest BCUT2D eigenvalue weighted by Crippen LogP contribution is -2.42. The summed E-state index contributed by atoms with van der Waals surface area (Å²) in [5.74, 6) is -0.559. The van der Waals surface area contributed by atoms with Crippen molar-refractivity contribution in [2.24, 2.45) is 0 Å². The summed E-state index contributed by atoms with van der Waals surface area (Å²) in [5, 5.41) is 8.55. The van der Waals surface area contributed by atoms with Crippen LogP contribution < -0.4 is 16.0 Å². The van der Waals surface area contributed by atoms with Gasteiger partial charge in [-0.05, 0) is 36.7 Å². The molecule has 2 atom stereocenters. The minimum Gasteiger partial charge on any atom is -0.350 e. The van der Waals surface area contributed by atoms with Gasteiger partial charge >= 0.3 is 0 Å². The molecule has 0 aliphatic carbocycles. The molecule has 2 aliphatic rings. The number of likely N-dealkylation sites (N-methyl/N-ethyl adjacent to an activating group) is 1. The molecular formula is C21H22N4O3. The standard InChI is InChI=1S/C21H22N4O3/c1-22-11-19(26)23-15-10-18-20(27)24-17-8-7-14(13-5-3-2-4-6-13)9-16(17)21(28)25(18)12-15/h2-9,15,18,22H,10-12H2,1H3,(H,23,26)(H,24,27)/t15-,18-/m0/s1. The Morgan fingerprint density at radius 1 is 1.14 bits per heavy atom. The van der Waals surface area contributed by atoms with Gasteiger partial charge in [0.2, 0.25) is 11.8 Å². The summed E-state index contributed by atoms with van der Waals surface area (Å²) in [6.45, 7) is 0.520. The van der Waals surface area contributed by atoms with Gasteiger partial charge in [0.1, 0.15) is 6.04 Å². The number of amides is 3. The van der Waals surface area contributed by atoms with E-state index in [1.54, 1.807) is 18.0 Å². The second kappa shape index (κ2) is 7.44. The number of nitrogens with one attached hydrogen (secondary N) is 3. The minimum absolute atomic E-state index is 0.148. The number of fused-ring (bicyclic) bond motifs is 2. The number of hydrogen-bond donors (Lipinski definition) is 3. The fraction of sp³-hybridized carbons (Fsp3) is 0.286. The molecule has 0 unspecified atom stereocenters. The zero-order chi connectivity index (χ0) is 19.7. The first kappa shape index (κ1) is 18.2. The lowest BCUT2D eigenvalue weighted by atomic mass is 10.0. The van der Waals surface area contributed by atoms with Crippen LogP contribution in [-0.2, 0) is 9.59 Å². The number of rotatable bonds is 4. The van der Waals surface area contributed by atoms with E-state index >= 15 is 0 Å². The monoisotopic (exact) mass is 378 g/mol. The Kier molecular flexibility index (Phi) is 4.83. The number of nitrogens with zero attached hydrogens (tertiary/aromatic N) is 1. The largest absolute Gasteiger partial charge is 0.350 e. The molecule has 2 aromatic rings. The van der Waals surface area contributed by atoms with Crippen LogP contribution in [0.3, 0.4) is 0 Å². The van der Waals surface area contributed by atoms with Crippen LogP contribution in [-0.4, -0.2) is 54.8 Å². The van der Waals surface area contributed by atoms with E-state index < -0.39 is 6.04 Å². The van der Waals surface area contributed by atoms with E-state index in [0.717, 1.165) is 11.1 Å². The topological polar surface area (TPSA) is 90.5 Å². The first-order valence-corrected chi connectivity index (χ1v) is 9.32. The number of anilines is 1. The molecule has 0 spiro atoms. The van der Waals surface area contributed by atoms with Gasteiger partial charge in [-0.2, -0.15) is 0 Å². The van der Waals surface area contributed by atoms with Crippen molar-refractivity contribution < 1.29 is 14.4 Å². The van der Waals surface area contributed by atoms with Crippen LogP contribution in [0.4, 0.5) is 5.69 Å². The molecule has 0 saturated carbocycles. The zero-order valence-corrected chi connectivity index (χ0v) is 15.6. The first-order valence-electron chi connectivity index (χ1n) is 9.32. The number of carbonyl (C=O) groups excluding carboxylic acids is 3. The Hall–Kier alpha value is -3.19. The summed E-state index contributed by atoms with van der Waals surface area (Å²) in [7, 11) is 1.69. The summed E-state index contributed by atoms with van der Waals surface area (Å²) >= 11 is 0. The lowest BCUT2D eigenvalue weighted by Gasteiger charge is -2.20. The van der Waals surface area contributed by atoms with Gasteiger partial charge in [-0.1, -0.05) is 36.4 Å². The fourth-order valence-corrected chi connectivity index (χ4v) is 3.86. The van der Waals surface area contributed by atoms with Gasteiger partial charge in [-0.25, -0.2) is 0 Å². The summed E-state index contributed by atoms with van der Waals surface area (Å²) in [4.78, 5) is 39.3. The van der Waals surface area contributed by atoms with E-state index in [4.69, 9.17) is 0 Å². The van der Waals surface area contributed by atoms with Crippen molar-refractivity contribution in [1.82, 2.24) is 15.5 Å². The molecule has 1 saturated heterocycles. The Morgan fingerprint density at radius 3 is 2.68 bits per heavy atom. The van der Waals surface area contributed by atoms with Gasteiger partial charge < -0.3 is 20.9 Å². The van der Waals surface area contributed by atoms with Crippen LogP contribution in [0.2, 0.25) is 0 Å². The molecule has 2 heterocycles. The SMILES string of the molecule is CNCC(=O)N[C@H]1C[C@H]2C(=O)Nc3ccc(-c4ccccc4)cc3C(=O)N2C1. The van der Waals surface area contributed by atoms with Crippen LogP contribution in [0.15, 0.2) is 48.5 Å². The minimum atomic E-state index is -0.583. The molecule has 2 aromatic carbocycles. The second-order valence-electron chi connectivity index (χ2n) is 7.12. The Bertz CT molecular complexity index is 929. The number of benzene rings is 2. The van der Waals surface area contributed by atoms with Crippen molar-refractivity contribution in [3.05, 3.63) is 54.1 Å². The van der Waals surface area contributed by atoms with E-state index in [0.29, 0.717) is 24.2 Å². The van der Waals surface area contributed by atoms with Crippen LogP contribution in [0.25, 0.3) is 11.1 Å². The van der Waals surface area contributed by atoms with E-state index in [1.807, 2.05) is 42.5 Å². The molecule has 2 aliphatic heterocycles. The second-order valence-corrected chi connectivity index (χ2v) is 7.12. The maximum absolute atomic E-state index is 13.2. The van der Waals surface area contributed by atoms with Crippen LogP contribution in [0.1, 0.15) is 16.8 Å². The maximum Gasteiger partial charge on any atom is 0.256 e. The van der Waals surface area contributed by atoms with Gasteiger partial charge in [0.05, 0.1) is 17.8 Å².